The maximum atomic E-state index is 9.85. The van der Waals surface area contributed by atoms with Crippen LogP contribution in [0.5, 0.6) is 0 Å². The van der Waals surface area contributed by atoms with E-state index in [0.717, 1.165) is 0 Å². The Balaban J connectivity index is 0. The summed E-state index contributed by atoms with van der Waals surface area (Å²) in [5.41, 5.74) is 4.84. The molecule has 0 saturated carbocycles. The lowest BCUT2D eigenvalue weighted by Crippen LogP contribution is -2.32. The normalized spacial score (nSPS) is 12.2. The first kappa shape index (κ1) is 15.3. The van der Waals surface area contributed by atoms with Crippen molar-refractivity contribution in [3.05, 3.63) is 0 Å². The number of aliphatic carboxylic acids is 2. The maximum absolute atomic E-state index is 9.85. The zero-order valence-corrected chi connectivity index (χ0v) is 7.51. The Kier molecular flexibility index (Phi) is 6.82. The second-order valence-electron chi connectivity index (χ2n) is 1.99. The van der Waals surface area contributed by atoms with E-state index < -0.39 is 34.8 Å². The Morgan fingerprint density at radius 3 is 1.57 bits per heavy atom. The number of hydrogen-bond acceptors (Lipinski definition) is 5. The molecule has 1 atom stereocenters. The van der Waals surface area contributed by atoms with Crippen molar-refractivity contribution in [1.29, 1.82) is 0 Å². The fourth-order valence-corrected chi connectivity index (χ4v) is 0.275. The lowest BCUT2D eigenvalue weighted by molar-refractivity contribution is -0.144. The van der Waals surface area contributed by atoms with Crippen LogP contribution in [0.15, 0.2) is 0 Å². The third-order valence-corrected chi connectivity index (χ3v) is 0.712. The van der Waals surface area contributed by atoms with Crippen molar-refractivity contribution in [2.75, 3.05) is 0 Å². The third kappa shape index (κ3) is 22.4. The Morgan fingerprint density at radius 1 is 1.21 bits per heavy atom. The summed E-state index contributed by atoms with van der Waals surface area (Å²) in [6, 6.07) is -1.29. The molecule has 0 aromatic carbocycles. The van der Waals surface area contributed by atoms with Gasteiger partial charge >= 0.3 is 22.3 Å². The molecule has 14 heavy (non-hydrogen) atoms. The molecular formula is C4H9NO8S. The van der Waals surface area contributed by atoms with E-state index in [0.29, 0.717) is 0 Å². The van der Waals surface area contributed by atoms with Gasteiger partial charge in [0.1, 0.15) is 6.04 Å². The average molecular weight is 231 g/mol. The Morgan fingerprint density at radius 2 is 1.50 bits per heavy atom. The predicted octanol–water partition coefficient (Wildman–Crippen LogP) is -1.78. The molecule has 84 valence electrons. The number of hydrogen-bond donors (Lipinski definition) is 5. The van der Waals surface area contributed by atoms with E-state index in [2.05, 4.69) is 0 Å². The molecule has 0 spiro atoms. The molecule has 0 rings (SSSR count). The van der Waals surface area contributed by atoms with Crippen molar-refractivity contribution in [2.24, 2.45) is 5.73 Å². The Labute approximate surface area is 78.7 Å². The SMILES string of the molecule is N[C@@H](CC(=O)O)C(=O)O.O=S(=O)(O)O. The van der Waals surface area contributed by atoms with Crippen LogP contribution in [0, 0.1) is 0 Å². The average Bonchev–Trinajstić information content (AvgIpc) is 1.80. The fourth-order valence-electron chi connectivity index (χ4n) is 0.275. The van der Waals surface area contributed by atoms with Gasteiger partial charge in [-0.3, -0.25) is 18.7 Å². The summed E-state index contributed by atoms with van der Waals surface area (Å²) >= 11 is 0. The molecule has 0 amide bonds. The van der Waals surface area contributed by atoms with E-state index in [1.165, 1.54) is 0 Å². The predicted molar refractivity (Wildman–Crippen MR) is 42.0 cm³/mol. The van der Waals surface area contributed by atoms with Crippen LogP contribution in [0.3, 0.4) is 0 Å². The Bertz CT molecular complexity index is 286. The van der Waals surface area contributed by atoms with Crippen molar-refractivity contribution in [1.82, 2.24) is 0 Å². The van der Waals surface area contributed by atoms with Gasteiger partial charge in [-0.2, -0.15) is 8.42 Å². The number of carboxylic acid groups (broad SMARTS) is 2. The smallest absolute Gasteiger partial charge is 0.394 e. The minimum absolute atomic E-state index is 0.532. The first-order chi connectivity index (χ1) is 6.04. The van der Waals surface area contributed by atoms with E-state index in [4.69, 9.17) is 33.5 Å². The lowest BCUT2D eigenvalue weighted by atomic mass is 10.2. The molecule has 0 aliphatic rings. The van der Waals surface area contributed by atoms with Gasteiger partial charge in [0.15, 0.2) is 0 Å². The number of rotatable bonds is 3. The minimum atomic E-state index is -4.67. The van der Waals surface area contributed by atoms with E-state index >= 15 is 0 Å². The standard InChI is InChI=1S/C4H7NO4.H2O4S/c5-2(4(8)9)1-3(6)7;1-5(2,3)4/h2H,1,5H2,(H,6,7)(H,8,9);(H2,1,2,3,4)/t2-;/m0./s1. The van der Waals surface area contributed by atoms with Crippen LogP contribution >= 0.6 is 0 Å². The van der Waals surface area contributed by atoms with E-state index in [9.17, 15) is 9.59 Å². The summed E-state index contributed by atoms with van der Waals surface area (Å²) < 4.78 is 31.6. The van der Waals surface area contributed by atoms with Gasteiger partial charge in [0.25, 0.3) is 0 Å². The minimum Gasteiger partial charge on any atom is -0.481 e. The number of carboxylic acids is 2. The van der Waals surface area contributed by atoms with Crippen LogP contribution in [-0.2, 0) is 20.0 Å². The molecule has 0 aromatic heterocycles. The molecule has 0 unspecified atom stereocenters. The van der Waals surface area contributed by atoms with Gasteiger partial charge in [-0.1, -0.05) is 0 Å². The zero-order chi connectivity index (χ0) is 11.9. The monoisotopic (exact) mass is 231 g/mol. The van der Waals surface area contributed by atoms with E-state index in [1.807, 2.05) is 0 Å². The van der Waals surface area contributed by atoms with Crippen molar-refractivity contribution in [3.63, 3.8) is 0 Å². The molecule has 0 fully saturated rings. The molecule has 6 N–H and O–H groups in total. The first-order valence-corrected chi connectivity index (χ1v) is 4.33. The fraction of sp³-hybridized carbons (Fsp3) is 0.500. The molecule has 0 bridgehead atoms. The topological polar surface area (TPSA) is 175 Å². The molecule has 0 aliphatic heterocycles. The Hall–Kier alpha value is -1.23. The molecule has 10 heteroatoms. The maximum Gasteiger partial charge on any atom is 0.394 e. The first-order valence-electron chi connectivity index (χ1n) is 2.94. The molecule has 0 saturated heterocycles. The molecule has 0 aromatic rings. The van der Waals surface area contributed by atoms with E-state index in [1.54, 1.807) is 0 Å². The lowest BCUT2D eigenvalue weighted by Gasteiger charge is -1.99. The van der Waals surface area contributed by atoms with Gasteiger partial charge in [0.05, 0.1) is 6.42 Å². The summed E-state index contributed by atoms with van der Waals surface area (Å²) in [6.07, 6.45) is -0.532. The second kappa shape index (κ2) is 6.26. The summed E-state index contributed by atoms with van der Waals surface area (Å²) in [4.78, 5) is 19.6. The molecule has 0 radical (unpaired) electrons. The highest BCUT2D eigenvalue weighted by Crippen LogP contribution is 1.86. The molecular weight excluding hydrogens is 222 g/mol. The summed E-state index contributed by atoms with van der Waals surface area (Å²) in [5, 5.41) is 16.0. The van der Waals surface area contributed by atoms with Crippen molar-refractivity contribution >= 4 is 22.3 Å². The van der Waals surface area contributed by atoms with Gasteiger partial charge in [-0.25, -0.2) is 0 Å². The highest BCUT2D eigenvalue weighted by molar-refractivity contribution is 7.79. The largest absolute Gasteiger partial charge is 0.481 e. The van der Waals surface area contributed by atoms with Gasteiger partial charge < -0.3 is 15.9 Å². The van der Waals surface area contributed by atoms with Gasteiger partial charge in [0, 0.05) is 0 Å². The summed E-state index contributed by atoms with van der Waals surface area (Å²) in [6.45, 7) is 0. The molecule has 0 aliphatic carbocycles. The van der Waals surface area contributed by atoms with Gasteiger partial charge in [-0.05, 0) is 0 Å². The van der Waals surface area contributed by atoms with Crippen LogP contribution in [0.25, 0.3) is 0 Å². The quantitative estimate of drug-likeness (QED) is 0.351. The summed E-state index contributed by atoms with van der Waals surface area (Å²) in [7, 11) is -4.67. The summed E-state index contributed by atoms with van der Waals surface area (Å²) in [5.74, 6) is -2.50. The molecule has 0 heterocycles. The van der Waals surface area contributed by atoms with Crippen LogP contribution < -0.4 is 5.73 Å². The van der Waals surface area contributed by atoms with Gasteiger partial charge in [-0.15, -0.1) is 0 Å². The van der Waals surface area contributed by atoms with Gasteiger partial charge in [0.2, 0.25) is 0 Å². The highest BCUT2D eigenvalue weighted by Gasteiger charge is 2.14. The highest BCUT2D eigenvalue weighted by atomic mass is 32.3. The van der Waals surface area contributed by atoms with Crippen LogP contribution in [0.2, 0.25) is 0 Å². The van der Waals surface area contributed by atoms with Crippen LogP contribution in [-0.4, -0.2) is 45.7 Å². The second-order valence-corrected chi connectivity index (χ2v) is 2.89. The van der Waals surface area contributed by atoms with Crippen LogP contribution in [0.1, 0.15) is 6.42 Å². The number of carbonyl (C=O) groups is 2. The number of nitrogens with two attached hydrogens (primary N) is 1. The van der Waals surface area contributed by atoms with Crippen molar-refractivity contribution in [3.8, 4) is 0 Å². The third-order valence-electron chi connectivity index (χ3n) is 0.712. The van der Waals surface area contributed by atoms with Crippen LogP contribution in [0.4, 0.5) is 0 Å². The van der Waals surface area contributed by atoms with Crippen molar-refractivity contribution in [2.45, 2.75) is 12.5 Å². The van der Waals surface area contributed by atoms with E-state index in [-0.39, 0.29) is 0 Å². The van der Waals surface area contributed by atoms with Crippen molar-refractivity contribution < 1.29 is 37.3 Å². The zero-order valence-electron chi connectivity index (χ0n) is 6.69. The molecule has 9 nitrogen and oxygen atoms in total.